The van der Waals surface area contributed by atoms with Gasteiger partial charge in [-0.1, -0.05) is 6.07 Å². The van der Waals surface area contributed by atoms with Crippen LogP contribution in [0, 0.1) is 13.8 Å². The Balaban J connectivity index is 1.62. The third-order valence-corrected chi connectivity index (χ3v) is 5.27. The SMILES string of the molecule is CCOc1cc(/C=N\NC(=O)C(=O)NC2CC2)cc(Br)c1OCC(=O)Nc1cc(C)cc(C)c1. The summed E-state index contributed by atoms with van der Waals surface area (Å²) in [6.45, 7) is 5.90. The fraction of sp³-hybridized carbons (Fsp3) is 0.333. The van der Waals surface area contributed by atoms with Gasteiger partial charge in [0.05, 0.1) is 17.3 Å². The molecule has 9 nitrogen and oxygen atoms in total. The van der Waals surface area contributed by atoms with Crippen LogP contribution in [-0.4, -0.2) is 43.2 Å². The molecule has 0 unspecified atom stereocenters. The molecular formula is C24H27BrN4O5. The molecule has 1 saturated carbocycles. The number of anilines is 1. The topological polar surface area (TPSA) is 118 Å². The Kier molecular flexibility index (Phi) is 8.64. The van der Waals surface area contributed by atoms with Crippen LogP contribution >= 0.6 is 15.9 Å². The Morgan fingerprint density at radius 3 is 2.41 bits per heavy atom. The molecule has 34 heavy (non-hydrogen) atoms. The fourth-order valence-electron chi connectivity index (χ4n) is 3.14. The highest BCUT2D eigenvalue weighted by atomic mass is 79.9. The zero-order chi connectivity index (χ0) is 24.7. The number of amides is 3. The third-order valence-electron chi connectivity index (χ3n) is 4.68. The second-order valence-corrected chi connectivity index (χ2v) is 8.78. The number of carbonyl (C=O) groups is 3. The molecule has 1 aliphatic carbocycles. The van der Waals surface area contributed by atoms with E-state index in [0.29, 0.717) is 33.8 Å². The van der Waals surface area contributed by atoms with Gasteiger partial charge in [-0.15, -0.1) is 0 Å². The fourth-order valence-corrected chi connectivity index (χ4v) is 3.72. The van der Waals surface area contributed by atoms with Crippen molar-refractivity contribution in [3.63, 3.8) is 0 Å². The summed E-state index contributed by atoms with van der Waals surface area (Å²) in [6, 6.07) is 9.23. The van der Waals surface area contributed by atoms with Crippen molar-refractivity contribution in [3.8, 4) is 11.5 Å². The van der Waals surface area contributed by atoms with Crippen LogP contribution in [0.3, 0.4) is 0 Å². The van der Waals surface area contributed by atoms with E-state index in [2.05, 4.69) is 37.1 Å². The lowest BCUT2D eigenvalue weighted by atomic mass is 10.1. The summed E-state index contributed by atoms with van der Waals surface area (Å²) >= 11 is 3.43. The summed E-state index contributed by atoms with van der Waals surface area (Å²) in [5.41, 5.74) is 5.59. The van der Waals surface area contributed by atoms with Gasteiger partial charge in [-0.25, -0.2) is 5.43 Å². The molecule has 0 atom stereocenters. The van der Waals surface area contributed by atoms with Crippen molar-refractivity contribution in [2.24, 2.45) is 5.10 Å². The normalized spacial score (nSPS) is 12.8. The Morgan fingerprint density at radius 1 is 1.06 bits per heavy atom. The van der Waals surface area contributed by atoms with Crippen molar-refractivity contribution in [1.82, 2.24) is 10.7 Å². The molecule has 0 radical (unpaired) electrons. The lowest BCUT2D eigenvalue weighted by Gasteiger charge is -2.15. The number of aryl methyl sites for hydroxylation is 2. The predicted octanol–water partition coefficient (Wildman–Crippen LogP) is 3.21. The van der Waals surface area contributed by atoms with Gasteiger partial charge in [0.25, 0.3) is 5.91 Å². The molecule has 180 valence electrons. The lowest BCUT2D eigenvalue weighted by molar-refractivity contribution is -0.139. The van der Waals surface area contributed by atoms with Crippen molar-refractivity contribution in [2.45, 2.75) is 39.7 Å². The van der Waals surface area contributed by atoms with E-state index in [0.717, 1.165) is 24.0 Å². The van der Waals surface area contributed by atoms with Gasteiger partial charge in [-0.05, 0) is 90.5 Å². The van der Waals surface area contributed by atoms with E-state index in [-0.39, 0.29) is 18.6 Å². The van der Waals surface area contributed by atoms with Crippen LogP contribution in [0.25, 0.3) is 0 Å². The number of carbonyl (C=O) groups excluding carboxylic acids is 3. The Hall–Kier alpha value is -3.40. The minimum Gasteiger partial charge on any atom is -0.490 e. The quantitative estimate of drug-likeness (QED) is 0.261. The van der Waals surface area contributed by atoms with Crippen molar-refractivity contribution in [2.75, 3.05) is 18.5 Å². The molecule has 1 aliphatic rings. The third kappa shape index (κ3) is 7.58. The maximum atomic E-state index is 12.4. The van der Waals surface area contributed by atoms with Gasteiger partial charge < -0.3 is 20.1 Å². The second kappa shape index (κ2) is 11.6. The smallest absolute Gasteiger partial charge is 0.329 e. The molecule has 0 aromatic heterocycles. The number of hydrogen-bond acceptors (Lipinski definition) is 6. The number of ether oxygens (including phenoxy) is 2. The summed E-state index contributed by atoms with van der Waals surface area (Å²) in [5, 5.41) is 9.24. The maximum Gasteiger partial charge on any atom is 0.329 e. The number of hydrogen-bond donors (Lipinski definition) is 3. The minimum atomic E-state index is -0.831. The highest BCUT2D eigenvalue weighted by molar-refractivity contribution is 9.10. The first-order valence-electron chi connectivity index (χ1n) is 10.9. The number of nitrogens with one attached hydrogen (secondary N) is 3. The van der Waals surface area contributed by atoms with Crippen molar-refractivity contribution in [1.29, 1.82) is 0 Å². The first kappa shape index (κ1) is 25.2. The monoisotopic (exact) mass is 530 g/mol. The summed E-state index contributed by atoms with van der Waals surface area (Å²) in [7, 11) is 0. The molecule has 3 amide bonds. The predicted molar refractivity (Wildman–Crippen MR) is 132 cm³/mol. The van der Waals surface area contributed by atoms with Crippen molar-refractivity contribution >= 4 is 45.6 Å². The van der Waals surface area contributed by atoms with Crippen molar-refractivity contribution in [3.05, 3.63) is 51.5 Å². The highest BCUT2D eigenvalue weighted by Crippen LogP contribution is 2.36. The van der Waals surface area contributed by atoms with Crippen LogP contribution < -0.4 is 25.5 Å². The van der Waals surface area contributed by atoms with Crippen molar-refractivity contribution < 1.29 is 23.9 Å². The van der Waals surface area contributed by atoms with Crippen LogP contribution in [0.1, 0.15) is 36.5 Å². The average Bonchev–Trinajstić information content (AvgIpc) is 3.56. The first-order valence-corrected chi connectivity index (χ1v) is 11.7. The lowest BCUT2D eigenvalue weighted by Crippen LogP contribution is -2.38. The zero-order valence-electron chi connectivity index (χ0n) is 19.2. The van der Waals surface area contributed by atoms with Gasteiger partial charge in [0, 0.05) is 11.7 Å². The summed E-state index contributed by atoms with van der Waals surface area (Å²) in [4.78, 5) is 35.9. The van der Waals surface area contributed by atoms with E-state index in [1.807, 2.05) is 39.0 Å². The molecule has 3 rings (SSSR count). The molecule has 2 aromatic carbocycles. The molecular weight excluding hydrogens is 504 g/mol. The molecule has 0 spiro atoms. The Bertz CT molecular complexity index is 1090. The van der Waals surface area contributed by atoms with Crippen LogP contribution in [0.15, 0.2) is 39.9 Å². The molecule has 0 heterocycles. The highest BCUT2D eigenvalue weighted by Gasteiger charge is 2.26. The van der Waals surface area contributed by atoms with E-state index < -0.39 is 11.8 Å². The molecule has 1 fully saturated rings. The largest absolute Gasteiger partial charge is 0.490 e. The number of hydrazone groups is 1. The number of halogens is 1. The van der Waals surface area contributed by atoms with E-state index >= 15 is 0 Å². The zero-order valence-corrected chi connectivity index (χ0v) is 20.8. The molecule has 0 saturated heterocycles. The van der Waals surface area contributed by atoms with Crippen LogP contribution in [0.5, 0.6) is 11.5 Å². The molecule has 10 heteroatoms. The van der Waals surface area contributed by atoms with Gasteiger partial charge in [0.15, 0.2) is 18.1 Å². The van der Waals surface area contributed by atoms with E-state index in [9.17, 15) is 14.4 Å². The number of nitrogens with zero attached hydrogens (tertiary/aromatic N) is 1. The first-order chi connectivity index (χ1) is 16.2. The van der Waals surface area contributed by atoms with E-state index in [1.54, 1.807) is 12.1 Å². The maximum absolute atomic E-state index is 12.4. The Morgan fingerprint density at radius 2 is 1.76 bits per heavy atom. The van der Waals surface area contributed by atoms with Crippen LogP contribution in [0.2, 0.25) is 0 Å². The summed E-state index contributed by atoms with van der Waals surface area (Å²) < 4.78 is 11.9. The van der Waals surface area contributed by atoms with Crippen LogP contribution in [0.4, 0.5) is 5.69 Å². The van der Waals surface area contributed by atoms with Gasteiger partial charge >= 0.3 is 11.8 Å². The average molecular weight is 531 g/mol. The van der Waals surface area contributed by atoms with Gasteiger partial charge in [-0.3, -0.25) is 14.4 Å². The van der Waals surface area contributed by atoms with Gasteiger partial charge in [0.2, 0.25) is 0 Å². The van der Waals surface area contributed by atoms with Gasteiger partial charge in [0.1, 0.15) is 0 Å². The molecule has 0 aliphatic heterocycles. The summed E-state index contributed by atoms with van der Waals surface area (Å²) in [6.07, 6.45) is 3.16. The summed E-state index contributed by atoms with van der Waals surface area (Å²) in [5.74, 6) is -1.09. The van der Waals surface area contributed by atoms with E-state index in [4.69, 9.17) is 9.47 Å². The Labute approximate surface area is 206 Å². The number of benzene rings is 2. The number of rotatable bonds is 9. The van der Waals surface area contributed by atoms with Gasteiger partial charge in [-0.2, -0.15) is 5.10 Å². The van der Waals surface area contributed by atoms with Crippen LogP contribution in [-0.2, 0) is 14.4 Å². The van der Waals surface area contributed by atoms with E-state index in [1.165, 1.54) is 6.21 Å². The molecule has 3 N–H and O–H groups in total. The molecule has 0 bridgehead atoms. The molecule has 2 aromatic rings. The second-order valence-electron chi connectivity index (χ2n) is 7.92. The standard InChI is InChI=1S/C24H27BrN4O5/c1-4-33-20-11-16(12-26-29-24(32)23(31)28-17-5-6-17)10-19(25)22(20)34-13-21(30)27-18-8-14(2)7-15(3)9-18/h7-12,17H,4-6,13H2,1-3H3,(H,27,30)(H,28,31)(H,29,32)/b26-12-. The minimum absolute atomic E-state index is 0.0856.